The average molecular weight is 249 g/mol. The van der Waals surface area contributed by atoms with Crippen LogP contribution in [0.15, 0.2) is 18.5 Å². The number of nitrogens with zero attached hydrogens (tertiary/aromatic N) is 3. The highest BCUT2D eigenvalue weighted by Crippen LogP contribution is 2.33. The van der Waals surface area contributed by atoms with Gasteiger partial charge in [0.1, 0.15) is 6.10 Å². The summed E-state index contributed by atoms with van der Waals surface area (Å²) >= 11 is 0. The largest absolute Gasteiger partial charge is 0.376 e. The topological polar surface area (TPSA) is 47.5 Å². The maximum atomic E-state index is 5.90. The Morgan fingerprint density at radius 1 is 1.39 bits per heavy atom. The van der Waals surface area contributed by atoms with Gasteiger partial charge >= 0.3 is 0 Å². The zero-order chi connectivity index (χ0) is 12.4. The highest BCUT2D eigenvalue weighted by Gasteiger charge is 2.43. The van der Waals surface area contributed by atoms with Gasteiger partial charge in [0.05, 0.1) is 18.8 Å². The van der Waals surface area contributed by atoms with Crippen molar-refractivity contribution in [3.8, 4) is 0 Å². The Morgan fingerprint density at radius 2 is 2.22 bits per heavy atom. The maximum absolute atomic E-state index is 5.90. The van der Waals surface area contributed by atoms with E-state index in [-0.39, 0.29) is 12.2 Å². The van der Waals surface area contributed by atoms with Crippen LogP contribution in [0.4, 0.5) is 5.95 Å². The summed E-state index contributed by atoms with van der Waals surface area (Å²) in [5.74, 6) is 0.813. The maximum Gasteiger partial charge on any atom is 0.225 e. The van der Waals surface area contributed by atoms with Crippen molar-refractivity contribution in [2.24, 2.45) is 0 Å². The van der Waals surface area contributed by atoms with Crippen LogP contribution >= 0.6 is 0 Å². The van der Waals surface area contributed by atoms with E-state index < -0.39 is 0 Å². The lowest BCUT2D eigenvalue weighted by molar-refractivity contribution is -0.0687. The molecule has 0 radical (unpaired) electrons. The summed E-state index contributed by atoms with van der Waals surface area (Å²) in [6.45, 7) is 4.38. The Balaban J connectivity index is 1.78. The number of rotatable bonds is 3. The Kier molecular flexibility index (Phi) is 3.43. The molecule has 3 rings (SSSR count). The number of fused-ring (bicyclic) bond motifs is 1. The van der Waals surface area contributed by atoms with E-state index in [1.54, 1.807) is 12.4 Å². The van der Waals surface area contributed by atoms with E-state index >= 15 is 0 Å². The Hall–Kier alpha value is -1.20. The third-order valence-electron chi connectivity index (χ3n) is 3.73. The van der Waals surface area contributed by atoms with E-state index in [0.29, 0.717) is 6.04 Å². The molecule has 18 heavy (non-hydrogen) atoms. The van der Waals surface area contributed by atoms with Crippen LogP contribution < -0.4 is 4.90 Å². The van der Waals surface area contributed by atoms with Crippen LogP contribution in [0.1, 0.15) is 19.8 Å². The first-order chi connectivity index (χ1) is 8.90. The SMILES string of the molecule is CCO[C@@H]1CC[C@H]2[C@H]1OCCN2c1ncccn1. The van der Waals surface area contributed by atoms with Crippen LogP contribution in [0.2, 0.25) is 0 Å². The molecule has 0 bridgehead atoms. The fourth-order valence-electron chi connectivity index (χ4n) is 3.00. The molecule has 5 heteroatoms. The molecule has 1 aromatic rings. The number of aromatic nitrogens is 2. The van der Waals surface area contributed by atoms with Crippen molar-refractivity contribution in [3.63, 3.8) is 0 Å². The Labute approximate surface area is 107 Å². The van der Waals surface area contributed by atoms with E-state index in [1.807, 2.05) is 13.0 Å². The van der Waals surface area contributed by atoms with Crippen LogP contribution in [-0.2, 0) is 9.47 Å². The lowest BCUT2D eigenvalue weighted by Gasteiger charge is -2.38. The van der Waals surface area contributed by atoms with E-state index in [0.717, 1.165) is 38.5 Å². The summed E-state index contributed by atoms with van der Waals surface area (Å²) in [4.78, 5) is 11.0. The zero-order valence-electron chi connectivity index (χ0n) is 10.7. The van der Waals surface area contributed by atoms with Gasteiger partial charge in [0.25, 0.3) is 0 Å². The molecule has 1 aliphatic heterocycles. The van der Waals surface area contributed by atoms with Crippen molar-refractivity contribution < 1.29 is 9.47 Å². The monoisotopic (exact) mass is 249 g/mol. The van der Waals surface area contributed by atoms with E-state index in [2.05, 4.69) is 14.9 Å². The van der Waals surface area contributed by atoms with Crippen molar-refractivity contribution in [2.45, 2.75) is 38.0 Å². The fourth-order valence-corrected chi connectivity index (χ4v) is 3.00. The van der Waals surface area contributed by atoms with Crippen LogP contribution in [0.5, 0.6) is 0 Å². The normalized spacial score (nSPS) is 31.4. The molecular formula is C13H19N3O2. The summed E-state index contributed by atoms with van der Waals surface area (Å²) in [6, 6.07) is 2.21. The standard InChI is InChI=1S/C13H19N3O2/c1-2-17-11-5-4-10-12(11)18-9-8-16(10)13-14-6-3-7-15-13/h3,6-7,10-12H,2,4-5,8-9H2,1H3/t10-,11+,12+/m0/s1. The van der Waals surface area contributed by atoms with Gasteiger partial charge in [0.15, 0.2) is 0 Å². The third kappa shape index (κ3) is 2.08. The molecule has 1 aromatic heterocycles. The molecule has 2 aliphatic rings. The summed E-state index contributed by atoms with van der Waals surface area (Å²) < 4.78 is 11.7. The highest BCUT2D eigenvalue weighted by atomic mass is 16.5. The summed E-state index contributed by atoms with van der Waals surface area (Å²) in [7, 11) is 0. The molecule has 2 heterocycles. The predicted octanol–water partition coefficient (Wildman–Crippen LogP) is 1.25. The molecule has 0 unspecified atom stereocenters. The second-order valence-electron chi connectivity index (χ2n) is 4.72. The van der Waals surface area contributed by atoms with Crippen LogP contribution in [-0.4, -0.2) is 48.0 Å². The first kappa shape index (κ1) is 11.9. The van der Waals surface area contributed by atoms with Gasteiger partial charge in [-0.25, -0.2) is 9.97 Å². The van der Waals surface area contributed by atoms with Gasteiger partial charge in [0.2, 0.25) is 5.95 Å². The van der Waals surface area contributed by atoms with Gasteiger partial charge in [-0.1, -0.05) is 0 Å². The Morgan fingerprint density at radius 3 is 3.00 bits per heavy atom. The molecule has 1 aliphatic carbocycles. The minimum atomic E-state index is 0.169. The molecule has 0 N–H and O–H groups in total. The van der Waals surface area contributed by atoms with E-state index in [4.69, 9.17) is 9.47 Å². The van der Waals surface area contributed by atoms with Crippen molar-refractivity contribution in [1.29, 1.82) is 0 Å². The van der Waals surface area contributed by atoms with Gasteiger partial charge in [-0.15, -0.1) is 0 Å². The molecular weight excluding hydrogens is 230 g/mol. The van der Waals surface area contributed by atoms with Crippen molar-refractivity contribution >= 4 is 5.95 Å². The number of hydrogen-bond acceptors (Lipinski definition) is 5. The lowest BCUT2D eigenvalue weighted by atomic mass is 10.1. The van der Waals surface area contributed by atoms with Gasteiger partial charge in [-0.2, -0.15) is 0 Å². The minimum Gasteiger partial charge on any atom is -0.376 e. The van der Waals surface area contributed by atoms with E-state index in [1.165, 1.54) is 0 Å². The van der Waals surface area contributed by atoms with Crippen LogP contribution in [0.3, 0.4) is 0 Å². The van der Waals surface area contributed by atoms with Gasteiger partial charge in [0, 0.05) is 25.5 Å². The first-order valence-electron chi connectivity index (χ1n) is 6.67. The van der Waals surface area contributed by atoms with Crippen molar-refractivity contribution in [3.05, 3.63) is 18.5 Å². The third-order valence-corrected chi connectivity index (χ3v) is 3.73. The minimum absolute atomic E-state index is 0.169. The molecule has 5 nitrogen and oxygen atoms in total. The second-order valence-corrected chi connectivity index (χ2v) is 4.72. The van der Waals surface area contributed by atoms with Gasteiger partial charge in [-0.3, -0.25) is 0 Å². The van der Waals surface area contributed by atoms with E-state index in [9.17, 15) is 0 Å². The predicted molar refractivity (Wildman–Crippen MR) is 67.6 cm³/mol. The summed E-state index contributed by atoms with van der Waals surface area (Å²) in [6.07, 6.45) is 6.14. The molecule has 0 spiro atoms. The van der Waals surface area contributed by atoms with Crippen LogP contribution in [0, 0.1) is 0 Å². The smallest absolute Gasteiger partial charge is 0.225 e. The Bertz CT molecular complexity index is 387. The second kappa shape index (κ2) is 5.20. The quantitative estimate of drug-likeness (QED) is 0.807. The van der Waals surface area contributed by atoms with Crippen LogP contribution in [0.25, 0.3) is 0 Å². The number of hydrogen-bond donors (Lipinski definition) is 0. The molecule has 0 amide bonds. The van der Waals surface area contributed by atoms with Crippen molar-refractivity contribution in [1.82, 2.24) is 9.97 Å². The molecule has 2 fully saturated rings. The summed E-state index contributed by atoms with van der Waals surface area (Å²) in [5.41, 5.74) is 0. The first-order valence-corrected chi connectivity index (χ1v) is 6.67. The van der Waals surface area contributed by atoms with Gasteiger partial charge in [-0.05, 0) is 25.8 Å². The average Bonchev–Trinajstić information content (AvgIpc) is 2.84. The van der Waals surface area contributed by atoms with Gasteiger partial charge < -0.3 is 14.4 Å². The number of ether oxygens (including phenoxy) is 2. The van der Waals surface area contributed by atoms with Crippen molar-refractivity contribution in [2.75, 3.05) is 24.7 Å². The molecule has 3 atom stereocenters. The molecule has 98 valence electrons. The lowest BCUT2D eigenvalue weighted by Crippen LogP contribution is -2.52. The number of anilines is 1. The molecule has 1 saturated carbocycles. The molecule has 1 saturated heterocycles. The molecule has 0 aromatic carbocycles. The summed E-state index contributed by atoms with van der Waals surface area (Å²) in [5, 5.41) is 0. The fraction of sp³-hybridized carbons (Fsp3) is 0.692. The highest BCUT2D eigenvalue weighted by molar-refractivity contribution is 5.33. The number of morpholine rings is 1. The zero-order valence-corrected chi connectivity index (χ0v) is 10.7.